The number of hydrogen-bond acceptors (Lipinski definition) is 0. The fourth-order valence-electron chi connectivity index (χ4n) is 5.81. The molecule has 0 bridgehead atoms. The molecule has 0 N–H and O–H groups in total. The number of benzene rings is 4. The highest BCUT2D eigenvalue weighted by molar-refractivity contribution is 7.23. The maximum atomic E-state index is 4.25. The van der Waals surface area contributed by atoms with Crippen LogP contribution in [-0.4, -0.2) is 12.6 Å². The minimum Gasteiger partial charge on any atom is -0.309 e. The van der Waals surface area contributed by atoms with Gasteiger partial charge in [0.2, 0.25) is 0 Å². The van der Waals surface area contributed by atoms with Crippen LogP contribution in [0, 0.1) is 0 Å². The smallest absolute Gasteiger partial charge is 0.183 e. The Morgan fingerprint density at radius 1 is 0.697 bits per heavy atom. The van der Waals surface area contributed by atoms with Gasteiger partial charge in [0.25, 0.3) is 0 Å². The highest BCUT2D eigenvalue weighted by Crippen LogP contribution is 2.41. The average molecular weight is 440 g/mol. The van der Waals surface area contributed by atoms with Crippen molar-refractivity contribution >= 4 is 45.8 Å². The molecule has 5 aromatic rings. The third kappa shape index (κ3) is 2.59. The van der Waals surface area contributed by atoms with Crippen molar-refractivity contribution in [2.24, 2.45) is 0 Å². The first-order valence-corrected chi connectivity index (χ1v) is 13.5. The van der Waals surface area contributed by atoms with E-state index in [9.17, 15) is 0 Å². The van der Waals surface area contributed by atoms with Crippen molar-refractivity contribution in [2.75, 3.05) is 0 Å². The second kappa shape index (κ2) is 7.61. The van der Waals surface area contributed by atoms with E-state index in [0.717, 1.165) is 0 Å². The number of allylic oxidation sites excluding steroid dienone is 1. The fourth-order valence-corrected chi connectivity index (χ4v) is 11.0. The lowest BCUT2D eigenvalue weighted by Gasteiger charge is -2.42. The van der Waals surface area contributed by atoms with Gasteiger partial charge in [0.1, 0.15) is 0 Å². The SMILES string of the molecule is C=Cc1c2n(c3ccccc13)-c1ccccc1[Si](c1ccccc1)(c1ccccc1)/C2=C/C. The highest BCUT2D eigenvalue weighted by atomic mass is 28.3. The highest BCUT2D eigenvalue weighted by Gasteiger charge is 2.49. The predicted octanol–water partition coefficient (Wildman–Crippen LogP) is 5.70. The van der Waals surface area contributed by atoms with Crippen LogP contribution in [0.1, 0.15) is 18.2 Å². The summed E-state index contributed by atoms with van der Waals surface area (Å²) in [7, 11) is -2.55. The van der Waals surface area contributed by atoms with Crippen molar-refractivity contribution in [3.63, 3.8) is 0 Å². The third-order valence-corrected chi connectivity index (χ3v) is 12.0. The van der Waals surface area contributed by atoms with Gasteiger partial charge in [-0.25, -0.2) is 0 Å². The largest absolute Gasteiger partial charge is 0.309 e. The maximum Gasteiger partial charge on any atom is 0.183 e. The standard InChI is InChI=1S/C31H25NSi/c1-3-25-26-19-11-12-20-27(26)32-28-21-13-14-22-30(28)33(29(4-2)31(25)32,23-15-7-5-8-16-23)24-17-9-6-10-18-24/h3-22H,1H2,2H3/b29-4+. The Labute approximate surface area is 196 Å². The van der Waals surface area contributed by atoms with Gasteiger partial charge in [0.15, 0.2) is 8.07 Å². The topological polar surface area (TPSA) is 4.93 Å². The van der Waals surface area contributed by atoms with Gasteiger partial charge in [-0.15, -0.1) is 0 Å². The van der Waals surface area contributed by atoms with E-state index < -0.39 is 8.07 Å². The zero-order valence-electron chi connectivity index (χ0n) is 18.7. The molecule has 0 saturated carbocycles. The normalized spacial score (nSPS) is 15.2. The monoisotopic (exact) mass is 439 g/mol. The molecule has 0 fully saturated rings. The van der Waals surface area contributed by atoms with E-state index in [1.165, 1.54) is 48.6 Å². The minimum atomic E-state index is -2.55. The van der Waals surface area contributed by atoms with E-state index in [1.807, 2.05) is 6.08 Å². The molecule has 1 nitrogen and oxygen atoms in total. The Bertz CT molecular complexity index is 1480. The van der Waals surface area contributed by atoms with Gasteiger partial charge in [-0.2, -0.15) is 0 Å². The summed E-state index contributed by atoms with van der Waals surface area (Å²) in [4.78, 5) is 0. The second-order valence-corrected chi connectivity index (χ2v) is 12.3. The average Bonchev–Trinajstić information content (AvgIpc) is 3.23. The zero-order chi connectivity index (χ0) is 22.4. The van der Waals surface area contributed by atoms with Crippen LogP contribution < -0.4 is 15.6 Å². The number of aromatic nitrogens is 1. The molecule has 1 aliphatic heterocycles. The molecule has 33 heavy (non-hydrogen) atoms. The van der Waals surface area contributed by atoms with Crippen LogP contribution >= 0.6 is 0 Å². The molecule has 0 unspecified atom stereocenters. The number of rotatable bonds is 3. The summed E-state index contributed by atoms with van der Waals surface area (Å²) in [5.74, 6) is 0. The molecule has 0 amide bonds. The van der Waals surface area contributed by atoms with E-state index in [4.69, 9.17) is 0 Å². The van der Waals surface area contributed by atoms with Gasteiger partial charge in [0, 0.05) is 16.6 Å². The molecule has 6 rings (SSSR count). The molecule has 4 aromatic carbocycles. The molecular weight excluding hydrogens is 414 g/mol. The van der Waals surface area contributed by atoms with Crippen LogP contribution in [0.25, 0.3) is 27.9 Å². The predicted molar refractivity (Wildman–Crippen MR) is 145 cm³/mol. The van der Waals surface area contributed by atoms with Gasteiger partial charge in [-0.05, 0) is 39.8 Å². The molecule has 1 aliphatic rings. The van der Waals surface area contributed by atoms with E-state index in [-0.39, 0.29) is 0 Å². The first-order chi connectivity index (χ1) is 16.3. The first kappa shape index (κ1) is 19.8. The molecule has 0 spiro atoms. The molecule has 0 aliphatic carbocycles. The summed E-state index contributed by atoms with van der Waals surface area (Å²) >= 11 is 0. The van der Waals surface area contributed by atoms with Crippen molar-refractivity contribution < 1.29 is 0 Å². The van der Waals surface area contributed by atoms with E-state index >= 15 is 0 Å². The molecule has 0 radical (unpaired) electrons. The fraction of sp³-hybridized carbons (Fsp3) is 0.0323. The first-order valence-electron chi connectivity index (χ1n) is 11.5. The molecule has 0 atom stereocenters. The summed E-state index contributed by atoms with van der Waals surface area (Å²) in [5, 5.41) is 6.91. The summed E-state index contributed by atoms with van der Waals surface area (Å²) in [5.41, 5.74) is 5.02. The van der Waals surface area contributed by atoms with E-state index in [2.05, 4.69) is 133 Å². The van der Waals surface area contributed by atoms with E-state index in [1.54, 1.807) is 0 Å². The van der Waals surface area contributed by atoms with Crippen LogP contribution in [-0.2, 0) is 0 Å². The van der Waals surface area contributed by atoms with Gasteiger partial charge < -0.3 is 4.57 Å². The number of fused-ring (bicyclic) bond motifs is 5. The van der Waals surface area contributed by atoms with Gasteiger partial charge >= 0.3 is 0 Å². The molecule has 1 aromatic heterocycles. The second-order valence-electron chi connectivity index (χ2n) is 8.52. The summed E-state index contributed by atoms with van der Waals surface area (Å²) < 4.78 is 2.47. The third-order valence-electron chi connectivity index (χ3n) is 7.03. The Kier molecular flexibility index (Phi) is 4.56. The van der Waals surface area contributed by atoms with E-state index in [0.29, 0.717) is 0 Å². The lowest BCUT2D eigenvalue weighted by molar-refractivity contribution is 1.10. The van der Waals surface area contributed by atoms with Crippen molar-refractivity contribution in [2.45, 2.75) is 6.92 Å². The Morgan fingerprint density at radius 3 is 1.91 bits per heavy atom. The number of para-hydroxylation sites is 2. The Hall–Kier alpha value is -3.88. The lowest BCUT2D eigenvalue weighted by atomic mass is 10.1. The number of hydrogen-bond donors (Lipinski definition) is 0. The molecule has 2 heterocycles. The van der Waals surface area contributed by atoms with Crippen LogP contribution in [0.15, 0.2) is 122 Å². The Morgan fingerprint density at radius 2 is 1.27 bits per heavy atom. The molecule has 0 saturated heterocycles. The van der Waals surface area contributed by atoms with Gasteiger partial charge in [0.05, 0.1) is 11.2 Å². The van der Waals surface area contributed by atoms with Gasteiger partial charge in [-0.3, -0.25) is 0 Å². The molecule has 2 heteroatoms. The van der Waals surface area contributed by atoms with Crippen LogP contribution in [0.4, 0.5) is 0 Å². The van der Waals surface area contributed by atoms with Crippen LogP contribution in [0.5, 0.6) is 0 Å². The molecular formula is C31H25NSi. The Balaban J connectivity index is 1.88. The maximum absolute atomic E-state index is 4.25. The van der Waals surface area contributed by atoms with Crippen molar-refractivity contribution in [1.29, 1.82) is 0 Å². The van der Waals surface area contributed by atoms with Gasteiger partial charge in [-0.1, -0.05) is 116 Å². The van der Waals surface area contributed by atoms with Crippen molar-refractivity contribution in [1.82, 2.24) is 4.57 Å². The summed E-state index contributed by atoms with van der Waals surface area (Å²) in [6, 6.07) is 40.0. The lowest BCUT2D eigenvalue weighted by Crippen LogP contribution is -2.70. The quantitative estimate of drug-likeness (QED) is 0.318. The van der Waals surface area contributed by atoms with Crippen molar-refractivity contribution in [3.05, 3.63) is 133 Å². The molecule has 158 valence electrons. The summed E-state index contributed by atoms with van der Waals surface area (Å²) in [6.07, 6.45) is 4.40. The zero-order valence-corrected chi connectivity index (χ0v) is 19.7. The minimum absolute atomic E-state index is 1.22. The van der Waals surface area contributed by atoms with Crippen LogP contribution in [0.3, 0.4) is 0 Å². The van der Waals surface area contributed by atoms with Crippen LogP contribution in [0.2, 0.25) is 0 Å². The number of nitrogens with zero attached hydrogens (tertiary/aromatic N) is 1. The van der Waals surface area contributed by atoms with Crippen molar-refractivity contribution in [3.8, 4) is 5.69 Å². The summed E-state index contributed by atoms with van der Waals surface area (Å²) in [6.45, 7) is 6.45.